The van der Waals surface area contributed by atoms with Crippen molar-refractivity contribution in [3.05, 3.63) is 58.6 Å². The van der Waals surface area contributed by atoms with E-state index < -0.39 is 0 Å². The minimum Gasteiger partial charge on any atom is -0.497 e. The quantitative estimate of drug-likeness (QED) is 0.848. The molecule has 126 valence electrons. The zero-order chi connectivity index (χ0) is 17.1. The lowest BCUT2D eigenvalue weighted by Crippen LogP contribution is -2.34. The molecule has 2 aromatic carbocycles. The minimum atomic E-state index is -0.112. The van der Waals surface area contributed by atoms with Crippen molar-refractivity contribution in [3.8, 4) is 5.75 Å². The van der Waals surface area contributed by atoms with E-state index in [1.165, 1.54) is 0 Å². The molecule has 0 radical (unpaired) electrons. The zero-order valence-electron chi connectivity index (χ0n) is 13.9. The summed E-state index contributed by atoms with van der Waals surface area (Å²) in [6.07, 6.45) is 1.95. The van der Waals surface area contributed by atoms with E-state index in [9.17, 15) is 4.79 Å². The van der Waals surface area contributed by atoms with Crippen LogP contribution in [0.25, 0.3) is 0 Å². The number of aryl methyl sites for hydroxylation is 1. The van der Waals surface area contributed by atoms with Crippen molar-refractivity contribution in [3.63, 3.8) is 0 Å². The van der Waals surface area contributed by atoms with Crippen molar-refractivity contribution < 1.29 is 9.53 Å². The molecule has 1 saturated heterocycles. The van der Waals surface area contributed by atoms with E-state index in [0.717, 1.165) is 36.3 Å². The summed E-state index contributed by atoms with van der Waals surface area (Å²) < 4.78 is 5.20. The van der Waals surface area contributed by atoms with Gasteiger partial charge in [-0.3, -0.25) is 0 Å². The Balaban J connectivity index is 1.75. The van der Waals surface area contributed by atoms with Crippen LogP contribution in [0.3, 0.4) is 0 Å². The molecule has 1 fully saturated rings. The molecule has 1 atom stereocenters. The van der Waals surface area contributed by atoms with Gasteiger partial charge in [0.25, 0.3) is 0 Å². The van der Waals surface area contributed by atoms with Crippen LogP contribution in [0.2, 0.25) is 5.02 Å². The summed E-state index contributed by atoms with van der Waals surface area (Å²) >= 11 is 6.22. The third-order valence-corrected chi connectivity index (χ3v) is 4.69. The van der Waals surface area contributed by atoms with E-state index in [0.29, 0.717) is 10.7 Å². The molecule has 0 aromatic heterocycles. The summed E-state index contributed by atoms with van der Waals surface area (Å²) in [6.45, 7) is 2.71. The molecule has 2 amide bonds. The number of amides is 2. The first-order valence-corrected chi connectivity index (χ1v) is 8.44. The van der Waals surface area contributed by atoms with Crippen molar-refractivity contribution in [2.45, 2.75) is 25.8 Å². The molecule has 2 aromatic rings. The van der Waals surface area contributed by atoms with Crippen LogP contribution in [0.4, 0.5) is 10.5 Å². The smallest absolute Gasteiger partial charge is 0.322 e. The van der Waals surface area contributed by atoms with E-state index in [4.69, 9.17) is 16.3 Å². The number of anilines is 1. The van der Waals surface area contributed by atoms with Gasteiger partial charge in [-0.1, -0.05) is 29.8 Å². The Morgan fingerprint density at radius 1 is 1.25 bits per heavy atom. The molecular formula is C19H21ClN2O2. The second-order valence-electron chi connectivity index (χ2n) is 6.04. The highest BCUT2D eigenvalue weighted by Gasteiger charge is 2.30. The van der Waals surface area contributed by atoms with Crippen molar-refractivity contribution in [2.24, 2.45) is 0 Å². The summed E-state index contributed by atoms with van der Waals surface area (Å²) in [6, 6.07) is 13.5. The number of ether oxygens (including phenoxy) is 1. The Labute approximate surface area is 147 Å². The summed E-state index contributed by atoms with van der Waals surface area (Å²) in [4.78, 5) is 14.6. The third-order valence-electron chi connectivity index (χ3n) is 4.38. The van der Waals surface area contributed by atoms with Crippen LogP contribution in [0.1, 0.15) is 30.0 Å². The standard InChI is InChI=1S/C19H21ClN2O2/c1-13-5-10-17(16(20)12-13)21-19(23)22-11-3-4-18(22)14-6-8-15(24-2)9-7-14/h5-10,12,18H,3-4,11H2,1-2H3,(H,21,23)/t18-/m0/s1. The molecule has 0 unspecified atom stereocenters. The number of carbonyl (C=O) groups is 1. The molecule has 0 bridgehead atoms. The van der Waals surface area contributed by atoms with E-state index in [1.54, 1.807) is 7.11 Å². The van der Waals surface area contributed by atoms with Gasteiger partial charge in [0.05, 0.1) is 23.9 Å². The Kier molecular flexibility index (Phi) is 4.95. The third kappa shape index (κ3) is 3.49. The number of hydrogen-bond donors (Lipinski definition) is 1. The number of likely N-dealkylation sites (tertiary alicyclic amines) is 1. The van der Waals surface area contributed by atoms with Gasteiger partial charge in [0.15, 0.2) is 0 Å². The van der Waals surface area contributed by atoms with E-state index >= 15 is 0 Å². The molecule has 1 aliphatic heterocycles. The lowest BCUT2D eigenvalue weighted by atomic mass is 10.0. The molecule has 24 heavy (non-hydrogen) atoms. The van der Waals surface area contributed by atoms with Crippen LogP contribution in [-0.4, -0.2) is 24.6 Å². The number of rotatable bonds is 3. The van der Waals surface area contributed by atoms with Gasteiger partial charge >= 0.3 is 6.03 Å². The Bertz CT molecular complexity index is 731. The highest BCUT2D eigenvalue weighted by molar-refractivity contribution is 6.33. The van der Waals surface area contributed by atoms with Crippen LogP contribution >= 0.6 is 11.6 Å². The van der Waals surface area contributed by atoms with Crippen molar-refractivity contribution in [2.75, 3.05) is 19.0 Å². The second kappa shape index (κ2) is 7.14. The summed E-state index contributed by atoms with van der Waals surface area (Å²) in [7, 11) is 1.65. The van der Waals surface area contributed by atoms with Gasteiger partial charge in [-0.2, -0.15) is 0 Å². The highest BCUT2D eigenvalue weighted by atomic mass is 35.5. The van der Waals surface area contributed by atoms with Gasteiger partial charge in [-0.25, -0.2) is 4.79 Å². The predicted molar refractivity (Wildman–Crippen MR) is 96.9 cm³/mol. The fraction of sp³-hybridized carbons (Fsp3) is 0.316. The van der Waals surface area contributed by atoms with Gasteiger partial charge in [-0.05, 0) is 55.2 Å². The molecule has 1 aliphatic rings. The zero-order valence-corrected chi connectivity index (χ0v) is 14.6. The summed E-state index contributed by atoms with van der Waals surface area (Å²) in [5, 5.41) is 3.49. The Morgan fingerprint density at radius 3 is 2.67 bits per heavy atom. The van der Waals surface area contributed by atoms with Gasteiger partial charge < -0.3 is 15.0 Å². The number of methoxy groups -OCH3 is 1. The first-order chi connectivity index (χ1) is 11.6. The number of carbonyl (C=O) groups excluding carboxylic acids is 1. The first kappa shape index (κ1) is 16.7. The van der Waals surface area contributed by atoms with E-state index in [2.05, 4.69) is 5.32 Å². The maximum atomic E-state index is 12.7. The first-order valence-electron chi connectivity index (χ1n) is 8.06. The summed E-state index contributed by atoms with van der Waals surface area (Å²) in [5.74, 6) is 0.819. The molecule has 0 saturated carbocycles. The van der Waals surface area contributed by atoms with Gasteiger partial charge in [0, 0.05) is 6.54 Å². The predicted octanol–water partition coefficient (Wildman–Crippen LogP) is 5.03. The lowest BCUT2D eigenvalue weighted by Gasteiger charge is -2.25. The largest absolute Gasteiger partial charge is 0.497 e. The maximum Gasteiger partial charge on any atom is 0.322 e. The summed E-state index contributed by atoms with van der Waals surface area (Å²) in [5.41, 5.74) is 2.83. The number of hydrogen-bond acceptors (Lipinski definition) is 2. The number of halogens is 1. The number of nitrogens with zero attached hydrogens (tertiary/aromatic N) is 1. The Morgan fingerprint density at radius 2 is 2.00 bits per heavy atom. The number of benzene rings is 2. The molecule has 5 heteroatoms. The fourth-order valence-electron chi connectivity index (χ4n) is 3.09. The topological polar surface area (TPSA) is 41.6 Å². The molecule has 0 spiro atoms. The monoisotopic (exact) mass is 344 g/mol. The lowest BCUT2D eigenvalue weighted by molar-refractivity contribution is 0.207. The van der Waals surface area contributed by atoms with Gasteiger partial charge in [0.2, 0.25) is 0 Å². The fourth-order valence-corrected chi connectivity index (χ4v) is 3.37. The van der Waals surface area contributed by atoms with Gasteiger partial charge in [-0.15, -0.1) is 0 Å². The molecule has 3 rings (SSSR count). The van der Waals surface area contributed by atoms with Crippen LogP contribution in [0.15, 0.2) is 42.5 Å². The van der Waals surface area contributed by atoms with Crippen LogP contribution in [0.5, 0.6) is 5.75 Å². The minimum absolute atomic E-state index is 0.0835. The van der Waals surface area contributed by atoms with Crippen LogP contribution in [0, 0.1) is 6.92 Å². The average Bonchev–Trinajstić information content (AvgIpc) is 3.07. The molecule has 1 N–H and O–H groups in total. The molecule has 4 nitrogen and oxygen atoms in total. The maximum absolute atomic E-state index is 12.7. The molecule has 1 heterocycles. The SMILES string of the molecule is COc1ccc([C@@H]2CCCN2C(=O)Nc2ccc(C)cc2Cl)cc1. The van der Waals surface area contributed by atoms with E-state index in [1.807, 2.05) is 54.3 Å². The molecule has 0 aliphatic carbocycles. The van der Waals surface area contributed by atoms with Crippen LogP contribution in [-0.2, 0) is 0 Å². The molecular weight excluding hydrogens is 324 g/mol. The normalized spacial score (nSPS) is 17.0. The van der Waals surface area contributed by atoms with Crippen molar-refractivity contribution in [1.82, 2.24) is 4.90 Å². The van der Waals surface area contributed by atoms with Crippen LogP contribution < -0.4 is 10.1 Å². The van der Waals surface area contributed by atoms with Gasteiger partial charge in [0.1, 0.15) is 5.75 Å². The van der Waals surface area contributed by atoms with E-state index in [-0.39, 0.29) is 12.1 Å². The number of nitrogens with one attached hydrogen (secondary N) is 1. The average molecular weight is 345 g/mol. The number of urea groups is 1. The Hall–Kier alpha value is -2.20. The van der Waals surface area contributed by atoms with Crippen molar-refractivity contribution in [1.29, 1.82) is 0 Å². The second-order valence-corrected chi connectivity index (χ2v) is 6.45. The highest BCUT2D eigenvalue weighted by Crippen LogP contribution is 2.33. The van der Waals surface area contributed by atoms with Crippen molar-refractivity contribution >= 4 is 23.3 Å².